The minimum atomic E-state index is 0.205. The number of morpholine rings is 1. The number of nitrogens with zero attached hydrogens (tertiary/aromatic N) is 4. The zero-order valence-corrected chi connectivity index (χ0v) is 20.1. The van der Waals surface area contributed by atoms with E-state index in [-0.39, 0.29) is 12.2 Å². The number of para-hydroxylation sites is 1. The van der Waals surface area contributed by atoms with Gasteiger partial charge in [0.25, 0.3) is 0 Å². The van der Waals surface area contributed by atoms with Crippen molar-refractivity contribution < 1.29 is 4.74 Å². The van der Waals surface area contributed by atoms with E-state index in [9.17, 15) is 0 Å². The standard InChI is InChI=1S/C30H28N4O/c1-19-17-34(18-20(2)35-19)28-13-12-24(15-32-28)27-16-33-30-25(22-8-6-21(14-31)7-9-22)4-3-5-26(30)29(27)23-10-11-23/h3-9,12-13,15-16,19-20,23H,10-11,17-18H2,1-2H3/t19-,20-/m1/s1. The molecule has 0 bridgehead atoms. The third-order valence-corrected chi connectivity index (χ3v) is 7.05. The predicted molar refractivity (Wildman–Crippen MR) is 139 cm³/mol. The molecule has 0 spiro atoms. The summed E-state index contributed by atoms with van der Waals surface area (Å²) in [4.78, 5) is 12.1. The molecule has 1 aliphatic heterocycles. The third-order valence-electron chi connectivity index (χ3n) is 7.05. The molecule has 4 aromatic rings. The number of pyridine rings is 2. The normalized spacial score (nSPS) is 20.1. The SMILES string of the molecule is C[C@@H]1CN(c2ccc(-c3cnc4c(-c5ccc(C#N)cc5)cccc4c3C3CC3)cn2)C[C@@H](C)O1. The molecular formula is C30H28N4O. The Bertz CT molecular complexity index is 1410. The molecule has 2 aromatic carbocycles. The van der Waals surface area contributed by atoms with Gasteiger partial charge in [0.05, 0.1) is 29.4 Å². The van der Waals surface area contributed by atoms with Crippen LogP contribution in [-0.2, 0) is 4.74 Å². The van der Waals surface area contributed by atoms with Crippen molar-refractivity contribution in [1.82, 2.24) is 9.97 Å². The van der Waals surface area contributed by atoms with E-state index in [1.165, 1.54) is 29.4 Å². The van der Waals surface area contributed by atoms with Crippen LogP contribution in [0, 0.1) is 11.3 Å². The van der Waals surface area contributed by atoms with Crippen molar-refractivity contribution in [3.8, 4) is 28.3 Å². The van der Waals surface area contributed by atoms with Crippen molar-refractivity contribution in [2.24, 2.45) is 0 Å². The topological polar surface area (TPSA) is 62.0 Å². The van der Waals surface area contributed by atoms with E-state index in [4.69, 9.17) is 20.0 Å². The van der Waals surface area contributed by atoms with Crippen molar-refractivity contribution in [1.29, 1.82) is 5.26 Å². The van der Waals surface area contributed by atoms with Crippen molar-refractivity contribution >= 4 is 16.7 Å². The van der Waals surface area contributed by atoms with E-state index in [0.717, 1.165) is 41.1 Å². The quantitative estimate of drug-likeness (QED) is 0.356. The summed E-state index contributed by atoms with van der Waals surface area (Å²) < 4.78 is 5.88. The van der Waals surface area contributed by atoms with Gasteiger partial charge in [-0.05, 0) is 68.0 Å². The van der Waals surface area contributed by atoms with Gasteiger partial charge in [-0.15, -0.1) is 0 Å². The molecule has 0 N–H and O–H groups in total. The first kappa shape index (κ1) is 21.8. The maximum absolute atomic E-state index is 9.15. The molecule has 6 rings (SSSR count). The molecule has 174 valence electrons. The lowest BCUT2D eigenvalue weighted by Crippen LogP contribution is -2.45. The first-order valence-electron chi connectivity index (χ1n) is 12.4. The molecule has 1 saturated heterocycles. The fourth-order valence-corrected chi connectivity index (χ4v) is 5.34. The van der Waals surface area contributed by atoms with Gasteiger partial charge in [0, 0.05) is 47.6 Å². The molecule has 2 atom stereocenters. The average Bonchev–Trinajstić information content (AvgIpc) is 3.72. The molecule has 2 aromatic heterocycles. The molecular weight excluding hydrogens is 432 g/mol. The van der Waals surface area contributed by atoms with Crippen LogP contribution in [0.5, 0.6) is 0 Å². The van der Waals surface area contributed by atoms with Crippen molar-refractivity contribution in [3.05, 3.63) is 78.1 Å². The molecule has 5 heteroatoms. The second-order valence-electron chi connectivity index (χ2n) is 9.82. The Morgan fingerprint density at radius 1 is 0.857 bits per heavy atom. The number of ether oxygens (including phenoxy) is 1. The molecule has 2 fully saturated rings. The summed E-state index contributed by atoms with van der Waals surface area (Å²) in [6.07, 6.45) is 6.86. The van der Waals surface area contributed by atoms with E-state index in [0.29, 0.717) is 11.5 Å². The molecule has 1 saturated carbocycles. The van der Waals surface area contributed by atoms with Gasteiger partial charge in [0.2, 0.25) is 0 Å². The van der Waals surface area contributed by atoms with E-state index in [1.807, 2.05) is 36.7 Å². The molecule has 3 heterocycles. The lowest BCUT2D eigenvalue weighted by molar-refractivity contribution is -0.00545. The van der Waals surface area contributed by atoms with Gasteiger partial charge in [0.15, 0.2) is 0 Å². The van der Waals surface area contributed by atoms with Gasteiger partial charge < -0.3 is 9.64 Å². The largest absolute Gasteiger partial charge is 0.372 e. The summed E-state index contributed by atoms with van der Waals surface area (Å²) in [6, 6.07) is 20.7. The highest BCUT2D eigenvalue weighted by molar-refractivity contribution is 5.98. The van der Waals surface area contributed by atoms with Crippen LogP contribution in [-0.4, -0.2) is 35.3 Å². The Morgan fingerprint density at radius 3 is 2.26 bits per heavy atom. The summed E-state index contributed by atoms with van der Waals surface area (Å²) in [6.45, 7) is 5.96. The van der Waals surface area contributed by atoms with E-state index < -0.39 is 0 Å². The fraction of sp³-hybridized carbons (Fsp3) is 0.300. The molecule has 5 nitrogen and oxygen atoms in total. The van der Waals surface area contributed by atoms with Crippen LogP contribution in [0.4, 0.5) is 5.82 Å². The van der Waals surface area contributed by atoms with E-state index in [1.54, 1.807) is 0 Å². The number of hydrogen-bond donors (Lipinski definition) is 0. The number of benzene rings is 2. The van der Waals surface area contributed by atoms with Crippen molar-refractivity contribution in [3.63, 3.8) is 0 Å². The number of nitriles is 1. The molecule has 35 heavy (non-hydrogen) atoms. The van der Waals surface area contributed by atoms with Crippen LogP contribution in [0.3, 0.4) is 0 Å². The Morgan fingerprint density at radius 2 is 1.60 bits per heavy atom. The Kier molecular flexibility index (Phi) is 5.47. The highest BCUT2D eigenvalue weighted by Gasteiger charge is 2.30. The number of fused-ring (bicyclic) bond motifs is 1. The highest BCUT2D eigenvalue weighted by atomic mass is 16.5. The van der Waals surface area contributed by atoms with Crippen molar-refractivity contribution in [2.45, 2.75) is 44.8 Å². The second-order valence-corrected chi connectivity index (χ2v) is 9.82. The second kappa shape index (κ2) is 8.79. The summed E-state index contributed by atoms with van der Waals surface area (Å²) >= 11 is 0. The lowest BCUT2D eigenvalue weighted by Gasteiger charge is -2.36. The number of hydrogen-bond acceptors (Lipinski definition) is 5. The molecule has 1 aliphatic carbocycles. The molecule has 0 unspecified atom stereocenters. The number of anilines is 1. The van der Waals surface area contributed by atoms with E-state index in [2.05, 4.69) is 55.1 Å². The first-order chi connectivity index (χ1) is 17.1. The molecule has 0 amide bonds. The first-order valence-corrected chi connectivity index (χ1v) is 12.4. The fourth-order valence-electron chi connectivity index (χ4n) is 5.34. The minimum absolute atomic E-state index is 0.205. The van der Waals surface area contributed by atoms with Gasteiger partial charge in [-0.3, -0.25) is 4.98 Å². The van der Waals surface area contributed by atoms with Gasteiger partial charge >= 0.3 is 0 Å². The molecule has 0 radical (unpaired) electrons. The Labute approximate surface area is 206 Å². The van der Waals surface area contributed by atoms with Crippen LogP contribution in [0.15, 0.2) is 67.0 Å². The summed E-state index contributed by atoms with van der Waals surface area (Å²) in [5.74, 6) is 1.56. The Hall–Kier alpha value is -3.75. The molecule has 2 aliphatic rings. The van der Waals surface area contributed by atoms with Gasteiger partial charge in [-0.2, -0.15) is 5.26 Å². The maximum Gasteiger partial charge on any atom is 0.128 e. The van der Waals surface area contributed by atoms with Crippen molar-refractivity contribution in [2.75, 3.05) is 18.0 Å². The van der Waals surface area contributed by atoms with E-state index >= 15 is 0 Å². The van der Waals surface area contributed by atoms with Crippen LogP contribution in [0.1, 0.15) is 43.7 Å². The monoisotopic (exact) mass is 460 g/mol. The van der Waals surface area contributed by atoms with Crippen LogP contribution < -0.4 is 4.90 Å². The average molecular weight is 461 g/mol. The third kappa shape index (κ3) is 4.15. The number of rotatable bonds is 4. The minimum Gasteiger partial charge on any atom is -0.372 e. The maximum atomic E-state index is 9.15. The van der Waals surface area contributed by atoms with Gasteiger partial charge in [-0.25, -0.2) is 4.98 Å². The Balaban J connectivity index is 1.40. The summed E-state index contributed by atoms with van der Waals surface area (Å²) in [7, 11) is 0. The van der Waals surface area contributed by atoms with Crippen LogP contribution in [0.25, 0.3) is 33.2 Å². The zero-order valence-electron chi connectivity index (χ0n) is 20.1. The number of aromatic nitrogens is 2. The predicted octanol–water partition coefficient (Wildman–Crippen LogP) is 6.33. The van der Waals surface area contributed by atoms with Gasteiger partial charge in [-0.1, -0.05) is 30.3 Å². The smallest absolute Gasteiger partial charge is 0.128 e. The van der Waals surface area contributed by atoms with Crippen LogP contribution in [0.2, 0.25) is 0 Å². The lowest BCUT2D eigenvalue weighted by atomic mass is 9.92. The van der Waals surface area contributed by atoms with Gasteiger partial charge in [0.1, 0.15) is 5.82 Å². The summed E-state index contributed by atoms with van der Waals surface area (Å²) in [5, 5.41) is 10.4. The van der Waals surface area contributed by atoms with Crippen LogP contribution >= 0.6 is 0 Å². The zero-order chi connectivity index (χ0) is 23.9. The summed E-state index contributed by atoms with van der Waals surface area (Å²) in [5.41, 5.74) is 7.54. The highest BCUT2D eigenvalue weighted by Crippen LogP contribution is 2.48.